The molecular weight excluding hydrogens is 314 g/mol. The van der Waals surface area contributed by atoms with E-state index in [0.717, 1.165) is 19.3 Å². The van der Waals surface area contributed by atoms with Crippen LogP contribution in [0.5, 0.6) is 0 Å². The minimum atomic E-state index is -0.489. The van der Waals surface area contributed by atoms with E-state index >= 15 is 0 Å². The van der Waals surface area contributed by atoms with Crippen LogP contribution >= 0.6 is 0 Å². The lowest BCUT2D eigenvalue weighted by atomic mass is 10.2. The van der Waals surface area contributed by atoms with Crippen LogP contribution < -0.4 is 0 Å². The summed E-state index contributed by atoms with van der Waals surface area (Å²) >= 11 is 0. The number of non-ortho nitro benzene ring substituents is 1. The molecule has 0 heterocycles. The van der Waals surface area contributed by atoms with Crippen molar-refractivity contribution in [2.45, 2.75) is 52.1 Å². The van der Waals surface area contributed by atoms with Crippen molar-refractivity contribution in [3.8, 4) is 0 Å². The number of hydrogen-bond donors (Lipinski definition) is 0. The Kier molecular flexibility index (Phi) is 9.11. The molecule has 1 aromatic rings. The second-order valence-electron chi connectivity index (χ2n) is 5.37. The lowest BCUT2D eigenvalue weighted by Gasteiger charge is -2.06. The average Bonchev–Trinajstić information content (AvgIpc) is 2.57. The van der Waals surface area contributed by atoms with E-state index in [-0.39, 0.29) is 31.1 Å². The van der Waals surface area contributed by atoms with Crippen molar-refractivity contribution in [3.63, 3.8) is 0 Å². The molecule has 0 unspecified atom stereocenters. The van der Waals surface area contributed by atoms with Crippen LogP contribution in [-0.2, 0) is 25.7 Å². The summed E-state index contributed by atoms with van der Waals surface area (Å²) in [5, 5.41) is 10.5. The number of esters is 2. The van der Waals surface area contributed by atoms with E-state index < -0.39 is 10.9 Å². The van der Waals surface area contributed by atoms with Crippen molar-refractivity contribution in [2.75, 3.05) is 6.61 Å². The lowest BCUT2D eigenvalue weighted by Crippen LogP contribution is -2.08. The maximum atomic E-state index is 11.6. The highest BCUT2D eigenvalue weighted by Gasteiger charge is 2.09. The Labute approximate surface area is 141 Å². The molecule has 0 aliphatic carbocycles. The monoisotopic (exact) mass is 337 g/mol. The fourth-order valence-electron chi connectivity index (χ4n) is 1.94. The number of carbonyl (C=O) groups is 2. The maximum absolute atomic E-state index is 11.6. The molecular formula is C17H23NO6. The molecule has 0 aliphatic rings. The first kappa shape index (κ1) is 19.6. The number of nitro groups is 1. The Hall–Kier alpha value is -2.44. The number of carbonyl (C=O) groups excluding carboxylic acids is 2. The van der Waals surface area contributed by atoms with E-state index in [4.69, 9.17) is 9.47 Å². The topological polar surface area (TPSA) is 95.7 Å². The van der Waals surface area contributed by atoms with Crippen LogP contribution in [0.1, 0.15) is 51.0 Å². The number of ether oxygens (including phenoxy) is 2. The third kappa shape index (κ3) is 8.26. The van der Waals surface area contributed by atoms with Crippen molar-refractivity contribution in [3.05, 3.63) is 39.9 Å². The predicted octanol–water partition coefficient (Wildman–Crippen LogP) is 3.54. The highest BCUT2D eigenvalue weighted by Crippen LogP contribution is 2.13. The normalized spacial score (nSPS) is 10.2. The summed E-state index contributed by atoms with van der Waals surface area (Å²) in [5.41, 5.74) is 0.659. The Morgan fingerprint density at radius 3 is 2.21 bits per heavy atom. The van der Waals surface area contributed by atoms with Crippen molar-refractivity contribution in [1.82, 2.24) is 0 Å². The molecule has 0 atom stereocenters. The molecule has 0 radical (unpaired) electrons. The van der Waals surface area contributed by atoms with Gasteiger partial charge >= 0.3 is 11.9 Å². The van der Waals surface area contributed by atoms with Gasteiger partial charge in [-0.15, -0.1) is 0 Å². The standard InChI is InChI=1S/C17H23NO6/c1-2-3-4-12-23-16(19)6-5-7-17(20)24-13-14-8-10-15(11-9-14)18(21)22/h8-11H,2-7,12-13H2,1H3. The smallest absolute Gasteiger partial charge is 0.306 e. The Bertz CT molecular complexity index is 541. The lowest BCUT2D eigenvalue weighted by molar-refractivity contribution is -0.384. The molecule has 7 nitrogen and oxygen atoms in total. The molecule has 0 fully saturated rings. The van der Waals surface area contributed by atoms with Gasteiger partial charge < -0.3 is 9.47 Å². The number of rotatable bonds is 11. The molecule has 24 heavy (non-hydrogen) atoms. The van der Waals surface area contributed by atoms with E-state index in [1.807, 2.05) is 0 Å². The van der Waals surface area contributed by atoms with Gasteiger partial charge in [-0.3, -0.25) is 19.7 Å². The van der Waals surface area contributed by atoms with Crippen LogP contribution in [0.25, 0.3) is 0 Å². The van der Waals surface area contributed by atoms with Crippen molar-refractivity contribution in [1.29, 1.82) is 0 Å². The first-order chi connectivity index (χ1) is 11.5. The van der Waals surface area contributed by atoms with Crippen LogP contribution in [0.15, 0.2) is 24.3 Å². The van der Waals surface area contributed by atoms with Crippen molar-refractivity contribution in [2.24, 2.45) is 0 Å². The second kappa shape index (κ2) is 11.2. The Morgan fingerprint density at radius 2 is 1.62 bits per heavy atom. The quantitative estimate of drug-likeness (QED) is 0.265. The van der Waals surface area contributed by atoms with Crippen LogP contribution in [0, 0.1) is 10.1 Å². The van der Waals surface area contributed by atoms with Gasteiger partial charge in [0.1, 0.15) is 6.61 Å². The van der Waals surface area contributed by atoms with Crippen LogP contribution in [-0.4, -0.2) is 23.5 Å². The van der Waals surface area contributed by atoms with Gasteiger partial charge in [-0.25, -0.2) is 0 Å². The summed E-state index contributed by atoms with van der Waals surface area (Å²) in [7, 11) is 0. The van der Waals surface area contributed by atoms with Crippen LogP contribution in [0.2, 0.25) is 0 Å². The molecule has 0 saturated carbocycles. The summed E-state index contributed by atoms with van der Waals surface area (Å²) < 4.78 is 10.1. The summed E-state index contributed by atoms with van der Waals surface area (Å²) in [6.07, 6.45) is 3.67. The van der Waals surface area contributed by atoms with Gasteiger partial charge in [-0.2, -0.15) is 0 Å². The van der Waals surface area contributed by atoms with E-state index in [1.165, 1.54) is 12.1 Å². The van der Waals surface area contributed by atoms with Gasteiger partial charge in [0.25, 0.3) is 5.69 Å². The number of unbranched alkanes of at least 4 members (excludes halogenated alkanes) is 2. The summed E-state index contributed by atoms with van der Waals surface area (Å²) in [4.78, 5) is 33.1. The van der Waals surface area contributed by atoms with Gasteiger partial charge in [-0.1, -0.05) is 19.8 Å². The molecule has 1 rings (SSSR count). The van der Waals surface area contributed by atoms with Gasteiger partial charge in [0.15, 0.2) is 0 Å². The molecule has 0 N–H and O–H groups in total. The summed E-state index contributed by atoms with van der Waals surface area (Å²) in [5.74, 6) is -0.707. The molecule has 0 saturated heterocycles. The van der Waals surface area contributed by atoms with Crippen molar-refractivity contribution >= 4 is 17.6 Å². The fourth-order valence-corrected chi connectivity index (χ4v) is 1.94. The third-order valence-electron chi connectivity index (χ3n) is 3.32. The molecule has 0 aliphatic heterocycles. The molecule has 132 valence electrons. The minimum Gasteiger partial charge on any atom is -0.466 e. The minimum absolute atomic E-state index is 0.0116. The van der Waals surface area contributed by atoms with Gasteiger partial charge in [-0.05, 0) is 30.5 Å². The first-order valence-corrected chi connectivity index (χ1v) is 8.07. The number of hydrogen-bond acceptors (Lipinski definition) is 6. The Balaban J connectivity index is 2.15. The number of nitro benzene ring substituents is 1. The van der Waals surface area contributed by atoms with Crippen LogP contribution in [0.4, 0.5) is 5.69 Å². The SMILES string of the molecule is CCCCCOC(=O)CCCC(=O)OCc1ccc([N+](=O)[O-])cc1. The second-order valence-corrected chi connectivity index (χ2v) is 5.37. The predicted molar refractivity (Wildman–Crippen MR) is 87.2 cm³/mol. The molecule has 1 aromatic carbocycles. The fraction of sp³-hybridized carbons (Fsp3) is 0.529. The zero-order valence-electron chi connectivity index (χ0n) is 13.9. The number of benzene rings is 1. The molecule has 0 aromatic heterocycles. The Morgan fingerprint density at radius 1 is 1.00 bits per heavy atom. The first-order valence-electron chi connectivity index (χ1n) is 8.07. The van der Waals surface area contributed by atoms with E-state index in [1.54, 1.807) is 12.1 Å². The van der Waals surface area contributed by atoms with Gasteiger partial charge in [0, 0.05) is 25.0 Å². The highest BCUT2D eigenvalue weighted by atomic mass is 16.6. The summed E-state index contributed by atoms with van der Waals surface area (Å²) in [6.45, 7) is 2.56. The molecule has 7 heteroatoms. The zero-order valence-corrected chi connectivity index (χ0v) is 13.9. The largest absolute Gasteiger partial charge is 0.466 e. The van der Waals surface area contributed by atoms with E-state index in [9.17, 15) is 19.7 Å². The number of nitrogens with zero attached hydrogens (tertiary/aromatic N) is 1. The third-order valence-corrected chi connectivity index (χ3v) is 3.32. The van der Waals surface area contributed by atoms with Gasteiger partial charge in [0.05, 0.1) is 11.5 Å². The van der Waals surface area contributed by atoms with Gasteiger partial charge in [0.2, 0.25) is 0 Å². The van der Waals surface area contributed by atoms with E-state index in [2.05, 4.69) is 6.92 Å². The molecule has 0 bridgehead atoms. The molecule has 0 spiro atoms. The van der Waals surface area contributed by atoms with E-state index in [0.29, 0.717) is 18.6 Å². The zero-order chi connectivity index (χ0) is 17.8. The molecule has 0 amide bonds. The highest BCUT2D eigenvalue weighted by molar-refractivity contribution is 5.72. The maximum Gasteiger partial charge on any atom is 0.306 e. The van der Waals surface area contributed by atoms with Crippen molar-refractivity contribution < 1.29 is 24.0 Å². The van der Waals surface area contributed by atoms with Crippen LogP contribution in [0.3, 0.4) is 0 Å². The average molecular weight is 337 g/mol. The summed E-state index contributed by atoms with van der Waals surface area (Å²) in [6, 6.07) is 5.80.